The van der Waals surface area contributed by atoms with E-state index in [1.807, 2.05) is 13.8 Å². The third kappa shape index (κ3) is 5.91. The number of likely N-dealkylation sites (tertiary alicyclic amines) is 4. The minimum atomic E-state index is 0.712. The lowest BCUT2D eigenvalue weighted by Gasteiger charge is -2.48. The summed E-state index contributed by atoms with van der Waals surface area (Å²) in [6.07, 6.45) is 5.51. The molecule has 160 valence electrons. The van der Waals surface area contributed by atoms with E-state index >= 15 is 0 Å². The van der Waals surface area contributed by atoms with Gasteiger partial charge in [0.1, 0.15) is 0 Å². The maximum Gasteiger partial charge on any atom is 0.00969 e. The van der Waals surface area contributed by atoms with Crippen LogP contribution in [0, 0.1) is 10.8 Å². The predicted octanol–water partition coefficient (Wildman–Crippen LogP) is 3.48. The van der Waals surface area contributed by atoms with E-state index in [9.17, 15) is 0 Å². The first-order valence-electron chi connectivity index (χ1n) is 11.9. The SMILES string of the molecule is CC.CCCN1CC2(CCN(CC)C2)C1.CCCN1CCC2(CN(C)C2)C1. The third-order valence-corrected chi connectivity index (χ3v) is 6.89. The Hall–Kier alpha value is -0.160. The highest BCUT2D eigenvalue weighted by Crippen LogP contribution is 2.39. The van der Waals surface area contributed by atoms with Crippen molar-refractivity contribution >= 4 is 0 Å². The fourth-order valence-electron chi connectivity index (χ4n) is 5.82. The van der Waals surface area contributed by atoms with Crippen LogP contribution in [0.4, 0.5) is 0 Å². The van der Waals surface area contributed by atoms with Gasteiger partial charge in [-0.15, -0.1) is 0 Å². The summed E-state index contributed by atoms with van der Waals surface area (Å²) >= 11 is 0. The summed E-state index contributed by atoms with van der Waals surface area (Å²) < 4.78 is 0. The van der Waals surface area contributed by atoms with Crippen molar-refractivity contribution in [3.63, 3.8) is 0 Å². The van der Waals surface area contributed by atoms with Crippen LogP contribution in [-0.4, -0.2) is 98.6 Å². The van der Waals surface area contributed by atoms with E-state index in [-0.39, 0.29) is 0 Å². The first kappa shape index (κ1) is 23.1. The second-order valence-corrected chi connectivity index (χ2v) is 9.53. The first-order valence-corrected chi connectivity index (χ1v) is 11.9. The van der Waals surface area contributed by atoms with Crippen molar-refractivity contribution in [1.82, 2.24) is 19.6 Å². The zero-order valence-electron chi connectivity index (χ0n) is 19.4. The number of hydrogen-bond acceptors (Lipinski definition) is 4. The second-order valence-electron chi connectivity index (χ2n) is 9.53. The van der Waals surface area contributed by atoms with Gasteiger partial charge in [0.25, 0.3) is 0 Å². The molecular formula is C23H48N4. The fraction of sp³-hybridized carbons (Fsp3) is 1.00. The van der Waals surface area contributed by atoms with Gasteiger partial charge in [0.2, 0.25) is 0 Å². The molecule has 0 aromatic rings. The molecule has 0 radical (unpaired) electrons. The molecule has 4 aliphatic rings. The van der Waals surface area contributed by atoms with Gasteiger partial charge in [-0.25, -0.2) is 0 Å². The van der Waals surface area contributed by atoms with Crippen LogP contribution in [0.25, 0.3) is 0 Å². The molecule has 0 aromatic heterocycles. The van der Waals surface area contributed by atoms with Gasteiger partial charge >= 0.3 is 0 Å². The highest BCUT2D eigenvalue weighted by molar-refractivity contribution is 5.01. The molecule has 0 amide bonds. The van der Waals surface area contributed by atoms with E-state index in [0.29, 0.717) is 10.8 Å². The molecule has 0 aliphatic carbocycles. The Morgan fingerprint density at radius 2 is 1.07 bits per heavy atom. The van der Waals surface area contributed by atoms with Crippen molar-refractivity contribution in [2.75, 3.05) is 79.0 Å². The molecule has 4 nitrogen and oxygen atoms in total. The second kappa shape index (κ2) is 10.6. The Morgan fingerprint density at radius 1 is 0.630 bits per heavy atom. The van der Waals surface area contributed by atoms with Crippen LogP contribution in [0.3, 0.4) is 0 Å². The van der Waals surface area contributed by atoms with Crippen molar-refractivity contribution in [1.29, 1.82) is 0 Å². The van der Waals surface area contributed by atoms with E-state index < -0.39 is 0 Å². The molecule has 0 bridgehead atoms. The molecule has 0 N–H and O–H groups in total. The quantitative estimate of drug-likeness (QED) is 0.724. The zero-order chi connectivity index (χ0) is 19.9. The van der Waals surface area contributed by atoms with Gasteiger partial charge in [-0.1, -0.05) is 34.6 Å². The molecule has 2 spiro atoms. The van der Waals surface area contributed by atoms with E-state index in [0.717, 1.165) is 0 Å². The summed E-state index contributed by atoms with van der Waals surface area (Å²) in [5.74, 6) is 0. The molecule has 4 saturated heterocycles. The topological polar surface area (TPSA) is 13.0 Å². The minimum absolute atomic E-state index is 0.712. The average molecular weight is 381 g/mol. The van der Waals surface area contributed by atoms with Gasteiger partial charge < -0.3 is 19.6 Å². The maximum absolute atomic E-state index is 2.63. The van der Waals surface area contributed by atoms with Crippen molar-refractivity contribution in [3.8, 4) is 0 Å². The Morgan fingerprint density at radius 3 is 1.56 bits per heavy atom. The van der Waals surface area contributed by atoms with E-state index in [1.54, 1.807) is 0 Å². The minimum Gasteiger partial charge on any atom is -0.305 e. The zero-order valence-corrected chi connectivity index (χ0v) is 19.4. The Bertz CT molecular complexity index is 413. The van der Waals surface area contributed by atoms with Crippen molar-refractivity contribution in [3.05, 3.63) is 0 Å². The summed E-state index contributed by atoms with van der Waals surface area (Å²) in [5.41, 5.74) is 1.43. The number of hydrogen-bond donors (Lipinski definition) is 0. The van der Waals surface area contributed by atoms with Crippen molar-refractivity contribution in [2.45, 2.75) is 60.3 Å². The molecule has 0 unspecified atom stereocenters. The van der Waals surface area contributed by atoms with Gasteiger partial charge in [-0.3, -0.25) is 0 Å². The van der Waals surface area contributed by atoms with Crippen LogP contribution in [0.15, 0.2) is 0 Å². The summed E-state index contributed by atoms with van der Waals surface area (Å²) in [5, 5.41) is 0. The standard InChI is InChI=1S/C11H22N2.C10H20N2.C2H6/c1-3-6-13-9-11(10-13)5-7-12(4-2)8-11;1-3-5-12-6-4-10(9-12)7-11(2)8-10;1-2/h3-10H2,1-2H3;3-9H2,1-2H3;1-2H3. The van der Waals surface area contributed by atoms with Crippen LogP contribution in [0.1, 0.15) is 60.3 Å². The lowest BCUT2D eigenvalue weighted by Crippen LogP contribution is -2.57. The monoisotopic (exact) mass is 380 g/mol. The van der Waals surface area contributed by atoms with Gasteiger partial charge in [0, 0.05) is 50.1 Å². The first-order chi connectivity index (χ1) is 13.0. The molecule has 0 saturated carbocycles. The van der Waals surface area contributed by atoms with Crippen molar-refractivity contribution < 1.29 is 0 Å². The summed E-state index contributed by atoms with van der Waals surface area (Å²) in [7, 11) is 2.23. The lowest BCUT2D eigenvalue weighted by molar-refractivity contribution is 0.00922. The van der Waals surface area contributed by atoms with E-state index in [4.69, 9.17) is 0 Å². The molecule has 0 atom stereocenters. The van der Waals surface area contributed by atoms with Crippen molar-refractivity contribution in [2.24, 2.45) is 10.8 Å². The Labute approximate surface area is 170 Å². The highest BCUT2D eigenvalue weighted by atomic mass is 15.3. The molecule has 4 heteroatoms. The van der Waals surface area contributed by atoms with E-state index in [1.165, 1.54) is 97.7 Å². The maximum atomic E-state index is 2.63. The highest BCUT2D eigenvalue weighted by Gasteiger charge is 2.46. The summed E-state index contributed by atoms with van der Waals surface area (Å²) in [4.78, 5) is 10.3. The van der Waals surface area contributed by atoms with E-state index in [2.05, 4.69) is 47.4 Å². The van der Waals surface area contributed by atoms with Crippen LogP contribution >= 0.6 is 0 Å². The molecule has 4 heterocycles. The largest absolute Gasteiger partial charge is 0.305 e. The van der Waals surface area contributed by atoms with Crippen LogP contribution in [0.2, 0.25) is 0 Å². The van der Waals surface area contributed by atoms with Gasteiger partial charge in [0.05, 0.1) is 0 Å². The van der Waals surface area contributed by atoms with Gasteiger partial charge in [0.15, 0.2) is 0 Å². The fourth-order valence-corrected chi connectivity index (χ4v) is 5.82. The van der Waals surface area contributed by atoms with Gasteiger partial charge in [-0.05, 0) is 65.5 Å². The number of rotatable bonds is 5. The van der Waals surface area contributed by atoms with Crippen LogP contribution < -0.4 is 0 Å². The molecule has 4 aliphatic heterocycles. The molecule has 0 aromatic carbocycles. The average Bonchev–Trinajstić information content (AvgIpc) is 3.23. The molecule has 4 rings (SSSR count). The molecule has 4 fully saturated rings. The molecular weight excluding hydrogens is 332 g/mol. The lowest BCUT2D eigenvalue weighted by atomic mass is 9.79. The predicted molar refractivity (Wildman–Crippen MR) is 119 cm³/mol. The summed E-state index contributed by atoms with van der Waals surface area (Å²) in [6, 6.07) is 0. The smallest absolute Gasteiger partial charge is 0.00969 e. The number of nitrogens with zero attached hydrogens (tertiary/aromatic N) is 4. The normalized spacial score (nSPS) is 26.9. The van der Waals surface area contributed by atoms with Crippen LogP contribution in [0.5, 0.6) is 0 Å². The Balaban J connectivity index is 0.000000178. The molecule has 27 heavy (non-hydrogen) atoms. The van der Waals surface area contributed by atoms with Gasteiger partial charge in [-0.2, -0.15) is 0 Å². The Kier molecular flexibility index (Phi) is 9.05. The third-order valence-electron chi connectivity index (χ3n) is 6.89. The van der Waals surface area contributed by atoms with Crippen LogP contribution in [-0.2, 0) is 0 Å². The summed E-state index contributed by atoms with van der Waals surface area (Å²) in [6.45, 7) is 25.5.